The van der Waals surface area contributed by atoms with Crippen molar-refractivity contribution >= 4 is 37.8 Å². The van der Waals surface area contributed by atoms with Gasteiger partial charge in [0.2, 0.25) is 15.9 Å². The van der Waals surface area contributed by atoms with E-state index in [4.69, 9.17) is 10.5 Å². The molecule has 0 aliphatic heterocycles. The number of benzene rings is 1. The predicted octanol–water partition coefficient (Wildman–Crippen LogP) is 2.34. The first-order chi connectivity index (χ1) is 11.9. The summed E-state index contributed by atoms with van der Waals surface area (Å²) in [5.74, 6) is -2.42. The number of esters is 1. The number of carbonyl (C=O) groups is 2. The second-order valence-corrected chi connectivity index (χ2v) is 9.52. The fraction of sp³-hybridized carbons (Fsp3) is 0.529. The lowest BCUT2D eigenvalue weighted by Gasteiger charge is -2.22. The number of unbranched alkanes of at least 4 members (excludes halogenated alkanes) is 1. The second kappa shape index (κ2) is 9.48. The van der Waals surface area contributed by atoms with Crippen LogP contribution in [0.4, 0.5) is 0 Å². The third kappa shape index (κ3) is 7.84. The van der Waals surface area contributed by atoms with Crippen molar-refractivity contribution in [2.75, 3.05) is 6.54 Å². The molecule has 9 heteroatoms. The number of halogens is 1. The Balaban J connectivity index is 2.47. The molecule has 146 valence electrons. The van der Waals surface area contributed by atoms with Gasteiger partial charge in [0, 0.05) is 11.0 Å². The Morgan fingerprint density at radius 3 is 2.27 bits per heavy atom. The molecule has 3 N–H and O–H groups in total. The molecule has 0 radical (unpaired) electrons. The largest absolute Gasteiger partial charge is 0.459 e. The van der Waals surface area contributed by atoms with Gasteiger partial charge in [-0.05, 0) is 57.9 Å². The third-order valence-corrected chi connectivity index (χ3v) is 5.38. The second-order valence-electron chi connectivity index (χ2n) is 6.84. The minimum atomic E-state index is -3.59. The van der Waals surface area contributed by atoms with E-state index in [0.29, 0.717) is 12.8 Å². The molecule has 7 nitrogen and oxygen atoms in total. The Hall–Kier alpha value is -1.45. The van der Waals surface area contributed by atoms with Gasteiger partial charge < -0.3 is 10.5 Å². The van der Waals surface area contributed by atoms with Crippen molar-refractivity contribution in [3.8, 4) is 0 Å². The number of hydrogen-bond donors (Lipinski definition) is 2. The van der Waals surface area contributed by atoms with Gasteiger partial charge in [-0.1, -0.05) is 22.4 Å². The minimum Gasteiger partial charge on any atom is -0.459 e. The molecule has 1 atom stereocenters. The molecular weight excluding hydrogens is 424 g/mol. The molecule has 0 aromatic heterocycles. The van der Waals surface area contributed by atoms with Crippen LogP contribution in [0.5, 0.6) is 0 Å². The molecule has 0 bridgehead atoms. The normalized spacial score (nSPS) is 13.2. The zero-order valence-corrected chi connectivity index (χ0v) is 17.5. The van der Waals surface area contributed by atoms with E-state index in [1.807, 2.05) is 0 Å². The maximum atomic E-state index is 12.1. The molecule has 0 fully saturated rings. The Morgan fingerprint density at radius 1 is 1.19 bits per heavy atom. The number of rotatable bonds is 9. The lowest BCUT2D eigenvalue weighted by Crippen LogP contribution is -2.36. The molecule has 1 rings (SSSR count). The maximum Gasteiger partial charge on any atom is 0.318 e. The average molecular weight is 449 g/mol. The number of carbonyl (C=O) groups excluding carboxylic acids is 2. The van der Waals surface area contributed by atoms with Crippen LogP contribution in [0.2, 0.25) is 0 Å². The monoisotopic (exact) mass is 448 g/mol. The zero-order chi connectivity index (χ0) is 20.0. The van der Waals surface area contributed by atoms with Crippen LogP contribution < -0.4 is 10.5 Å². The molecule has 1 amide bonds. The van der Waals surface area contributed by atoms with E-state index in [0.717, 1.165) is 4.47 Å². The van der Waals surface area contributed by atoms with E-state index in [1.165, 1.54) is 12.1 Å². The van der Waals surface area contributed by atoms with Crippen LogP contribution in [0, 0.1) is 5.92 Å². The fourth-order valence-corrected chi connectivity index (χ4v) is 3.46. The topological polar surface area (TPSA) is 116 Å². The molecule has 0 heterocycles. The smallest absolute Gasteiger partial charge is 0.318 e. The summed E-state index contributed by atoms with van der Waals surface area (Å²) in [6.07, 6.45) is 1.13. The van der Waals surface area contributed by atoms with Crippen LogP contribution in [-0.2, 0) is 24.3 Å². The SMILES string of the molecule is CC(C)(C)OC(=O)C(CCCCNS(=O)(=O)c1ccc(Br)cc1)C(N)=O. The average Bonchev–Trinajstić information content (AvgIpc) is 2.48. The van der Waals surface area contributed by atoms with E-state index in [-0.39, 0.29) is 17.9 Å². The molecule has 1 unspecified atom stereocenters. The van der Waals surface area contributed by atoms with Gasteiger partial charge >= 0.3 is 5.97 Å². The lowest BCUT2D eigenvalue weighted by molar-refractivity contribution is -0.162. The number of nitrogens with two attached hydrogens (primary N) is 1. The van der Waals surface area contributed by atoms with Crippen LogP contribution in [-0.4, -0.2) is 32.4 Å². The Labute approximate surface area is 162 Å². The van der Waals surface area contributed by atoms with E-state index in [1.54, 1.807) is 32.9 Å². The van der Waals surface area contributed by atoms with Crippen molar-refractivity contribution in [3.63, 3.8) is 0 Å². The van der Waals surface area contributed by atoms with Crippen molar-refractivity contribution in [2.45, 2.75) is 50.5 Å². The molecular formula is C17H25BrN2O5S. The molecule has 0 aliphatic rings. The third-order valence-electron chi connectivity index (χ3n) is 3.37. The summed E-state index contributed by atoms with van der Waals surface area (Å²) >= 11 is 3.25. The van der Waals surface area contributed by atoms with Gasteiger partial charge in [0.25, 0.3) is 0 Å². The summed E-state index contributed by atoms with van der Waals surface area (Å²) in [6.45, 7) is 5.32. The van der Waals surface area contributed by atoms with E-state index in [2.05, 4.69) is 20.7 Å². The van der Waals surface area contributed by atoms with E-state index >= 15 is 0 Å². The van der Waals surface area contributed by atoms with Gasteiger partial charge in [-0.15, -0.1) is 0 Å². The molecule has 1 aromatic rings. The van der Waals surface area contributed by atoms with Gasteiger partial charge in [0.15, 0.2) is 0 Å². The van der Waals surface area contributed by atoms with Gasteiger partial charge in [0.1, 0.15) is 11.5 Å². The number of ether oxygens (including phenoxy) is 1. The first kappa shape index (κ1) is 22.6. The highest BCUT2D eigenvalue weighted by atomic mass is 79.9. The Bertz CT molecular complexity index is 727. The molecule has 0 saturated heterocycles. The van der Waals surface area contributed by atoms with Gasteiger partial charge in [0.05, 0.1) is 4.90 Å². The number of hydrogen-bond acceptors (Lipinski definition) is 5. The number of amides is 1. The van der Waals surface area contributed by atoms with Crippen LogP contribution in [0.25, 0.3) is 0 Å². The highest BCUT2D eigenvalue weighted by Crippen LogP contribution is 2.17. The number of nitrogens with one attached hydrogen (secondary N) is 1. The lowest BCUT2D eigenvalue weighted by atomic mass is 10.0. The van der Waals surface area contributed by atoms with Crippen molar-refractivity contribution in [1.82, 2.24) is 4.72 Å². The summed E-state index contributed by atoms with van der Waals surface area (Å²) < 4.78 is 32.7. The van der Waals surface area contributed by atoms with Crippen LogP contribution >= 0.6 is 15.9 Å². The first-order valence-electron chi connectivity index (χ1n) is 8.20. The molecule has 0 aliphatic carbocycles. The standard InChI is InChI=1S/C17H25BrN2O5S/c1-17(2,3)25-16(22)14(15(19)21)6-4-5-11-20-26(23,24)13-9-7-12(18)8-10-13/h7-10,14,20H,4-6,11H2,1-3H3,(H2,19,21). The van der Waals surface area contributed by atoms with E-state index in [9.17, 15) is 18.0 Å². The predicted molar refractivity (Wildman–Crippen MR) is 102 cm³/mol. The first-order valence-corrected chi connectivity index (χ1v) is 10.5. The van der Waals surface area contributed by atoms with Crippen LogP contribution in [0.15, 0.2) is 33.6 Å². The van der Waals surface area contributed by atoms with Crippen LogP contribution in [0.1, 0.15) is 40.0 Å². The van der Waals surface area contributed by atoms with Crippen LogP contribution in [0.3, 0.4) is 0 Å². The number of primary amides is 1. The Morgan fingerprint density at radius 2 is 1.77 bits per heavy atom. The summed E-state index contributed by atoms with van der Waals surface area (Å²) in [7, 11) is -3.59. The highest BCUT2D eigenvalue weighted by Gasteiger charge is 2.29. The summed E-state index contributed by atoms with van der Waals surface area (Å²) in [6, 6.07) is 6.29. The highest BCUT2D eigenvalue weighted by molar-refractivity contribution is 9.10. The van der Waals surface area contributed by atoms with Gasteiger partial charge in [-0.25, -0.2) is 13.1 Å². The summed E-state index contributed by atoms with van der Waals surface area (Å²) in [5.41, 5.74) is 4.57. The molecule has 1 aromatic carbocycles. The van der Waals surface area contributed by atoms with Gasteiger partial charge in [-0.3, -0.25) is 9.59 Å². The summed E-state index contributed by atoms with van der Waals surface area (Å²) in [4.78, 5) is 23.6. The van der Waals surface area contributed by atoms with Crippen molar-refractivity contribution in [3.05, 3.63) is 28.7 Å². The zero-order valence-electron chi connectivity index (χ0n) is 15.1. The quantitative estimate of drug-likeness (QED) is 0.341. The fourth-order valence-electron chi connectivity index (χ4n) is 2.13. The maximum absolute atomic E-state index is 12.1. The summed E-state index contributed by atoms with van der Waals surface area (Å²) in [5, 5.41) is 0. The van der Waals surface area contributed by atoms with E-state index < -0.39 is 33.4 Å². The van der Waals surface area contributed by atoms with Gasteiger partial charge in [-0.2, -0.15) is 0 Å². The van der Waals surface area contributed by atoms with Crippen molar-refractivity contribution in [2.24, 2.45) is 11.7 Å². The molecule has 0 saturated carbocycles. The van der Waals surface area contributed by atoms with Crippen molar-refractivity contribution < 1.29 is 22.7 Å². The number of sulfonamides is 1. The molecule has 26 heavy (non-hydrogen) atoms. The molecule has 0 spiro atoms. The minimum absolute atomic E-state index is 0.171. The Kier molecular flexibility index (Phi) is 8.23. The van der Waals surface area contributed by atoms with Crippen molar-refractivity contribution in [1.29, 1.82) is 0 Å².